The normalized spacial score (nSPS) is 32.4. The zero-order chi connectivity index (χ0) is 12.5. The number of fused-ring (bicyclic) bond motifs is 1. The minimum Gasteiger partial charge on any atom is -0.395 e. The van der Waals surface area contributed by atoms with E-state index in [0.29, 0.717) is 6.04 Å². The number of nitrogens with one attached hydrogen (secondary N) is 1. The highest BCUT2D eigenvalue weighted by Gasteiger charge is 2.34. The topological polar surface area (TPSA) is 69.6 Å². The second kappa shape index (κ2) is 5.22. The molecule has 3 unspecified atom stereocenters. The van der Waals surface area contributed by atoms with Gasteiger partial charge in [-0.1, -0.05) is 0 Å². The molecule has 0 bridgehead atoms. The Morgan fingerprint density at radius 2 is 2.18 bits per heavy atom. The summed E-state index contributed by atoms with van der Waals surface area (Å²) in [5.74, 6) is 0. The van der Waals surface area contributed by atoms with Crippen molar-refractivity contribution in [2.45, 2.75) is 49.9 Å². The highest BCUT2D eigenvalue weighted by molar-refractivity contribution is 7.90. The summed E-state index contributed by atoms with van der Waals surface area (Å²) in [5.41, 5.74) is 0. The van der Waals surface area contributed by atoms with Crippen molar-refractivity contribution in [2.75, 3.05) is 19.7 Å². The van der Waals surface area contributed by atoms with E-state index in [9.17, 15) is 8.42 Å². The van der Waals surface area contributed by atoms with E-state index in [1.54, 1.807) is 0 Å². The van der Waals surface area contributed by atoms with E-state index in [2.05, 4.69) is 9.62 Å². The molecule has 0 spiro atoms. The third-order valence-electron chi connectivity index (χ3n) is 3.94. The fourth-order valence-electron chi connectivity index (χ4n) is 2.78. The Balaban J connectivity index is 1.92. The number of aliphatic hydroxyl groups is 1. The molecule has 0 aromatic carbocycles. The fraction of sp³-hybridized carbons (Fsp3) is 1.00. The second-order valence-electron chi connectivity index (χ2n) is 5.21. The van der Waals surface area contributed by atoms with Crippen molar-refractivity contribution in [3.05, 3.63) is 0 Å². The van der Waals surface area contributed by atoms with E-state index >= 15 is 0 Å². The van der Waals surface area contributed by atoms with Crippen molar-refractivity contribution in [1.82, 2.24) is 9.62 Å². The molecular weight excluding hydrogens is 240 g/mol. The molecule has 2 saturated heterocycles. The molecule has 0 aromatic heterocycles. The van der Waals surface area contributed by atoms with E-state index in [0.717, 1.165) is 25.9 Å². The minimum absolute atomic E-state index is 0.0494. The molecular formula is C11H22N2O3S. The summed E-state index contributed by atoms with van der Waals surface area (Å²) in [6.45, 7) is 3.37. The molecule has 2 fully saturated rings. The van der Waals surface area contributed by atoms with Crippen LogP contribution in [0.25, 0.3) is 0 Å². The first-order chi connectivity index (χ1) is 8.03. The Morgan fingerprint density at radius 3 is 2.88 bits per heavy atom. The Labute approximate surface area is 103 Å². The molecule has 0 saturated carbocycles. The largest absolute Gasteiger partial charge is 0.395 e. The molecule has 0 amide bonds. The summed E-state index contributed by atoms with van der Waals surface area (Å²) >= 11 is 0. The quantitative estimate of drug-likeness (QED) is 0.743. The maximum atomic E-state index is 11.8. The van der Waals surface area contributed by atoms with Crippen LogP contribution in [0.2, 0.25) is 0 Å². The Kier molecular flexibility index (Phi) is 4.07. The minimum atomic E-state index is -3.36. The van der Waals surface area contributed by atoms with E-state index in [-0.39, 0.29) is 12.6 Å². The Hall–Kier alpha value is -0.170. The molecule has 2 N–H and O–H groups in total. The van der Waals surface area contributed by atoms with Gasteiger partial charge in [-0.15, -0.1) is 0 Å². The number of nitrogens with zero attached hydrogens (tertiary/aromatic N) is 1. The zero-order valence-corrected chi connectivity index (χ0v) is 11.1. The van der Waals surface area contributed by atoms with Crippen LogP contribution in [-0.4, -0.2) is 55.5 Å². The van der Waals surface area contributed by atoms with Crippen molar-refractivity contribution >= 4 is 10.0 Å². The van der Waals surface area contributed by atoms with Crippen LogP contribution in [0.5, 0.6) is 0 Å². The lowest BCUT2D eigenvalue weighted by atomic mass is 9.99. The van der Waals surface area contributed by atoms with Crippen molar-refractivity contribution in [1.29, 1.82) is 0 Å². The number of hydrogen-bond acceptors (Lipinski definition) is 4. The van der Waals surface area contributed by atoms with Crippen molar-refractivity contribution in [3.8, 4) is 0 Å². The van der Waals surface area contributed by atoms with Crippen molar-refractivity contribution in [2.24, 2.45) is 0 Å². The van der Waals surface area contributed by atoms with Gasteiger partial charge in [-0.3, -0.25) is 0 Å². The third kappa shape index (κ3) is 2.99. The second-order valence-corrected chi connectivity index (χ2v) is 7.34. The number of sulfonamides is 1. The van der Waals surface area contributed by atoms with Gasteiger partial charge in [-0.05, 0) is 45.7 Å². The number of hydrogen-bond donors (Lipinski definition) is 2. The summed E-state index contributed by atoms with van der Waals surface area (Å²) in [6, 6.07) is 0.606. The number of rotatable bonds is 4. The van der Waals surface area contributed by atoms with Gasteiger partial charge in [0.2, 0.25) is 10.0 Å². The molecule has 2 aliphatic rings. The number of aliphatic hydroxyl groups excluding tert-OH is 1. The molecule has 2 aliphatic heterocycles. The van der Waals surface area contributed by atoms with E-state index in [1.165, 1.54) is 19.8 Å². The van der Waals surface area contributed by atoms with Crippen LogP contribution in [0, 0.1) is 0 Å². The monoisotopic (exact) mass is 262 g/mol. The first kappa shape index (κ1) is 13.3. The van der Waals surface area contributed by atoms with E-state index < -0.39 is 15.3 Å². The average molecular weight is 262 g/mol. The van der Waals surface area contributed by atoms with Crippen LogP contribution in [-0.2, 0) is 10.0 Å². The maximum Gasteiger partial charge on any atom is 0.216 e. The average Bonchev–Trinajstić information content (AvgIpc) is 2.74. The zero-order valence-electron chi connectivity index (χ0n) is 10.3. The van der Waals surface area contributed by atoms with Gasteiger partial charge >= 0.3 is 0 Å². The molecule has 5 nitrogen and oxygen atoms in total. The first-order valence-electron chi connectivity index (χ1n) is 6.39. The van der Waals surface area contributed by atoms with Crippen LogP contribution < -0.4 is 4.72 Å². The van der Waals surface area contributed by atoms with Gasteiger partial charge in [0.1, 0.15) is 0 Å². The van der Waals surface area contributed by atoms with E-state index in [1.807, 2.05) is 0 Å². The van der Waals surface area contributed by atoms with Crippen LogP contribution in [0.15, 0.2) is 0 Å². The third-order valence-corrected chi connectivity index (χ3v) is 5.81. The summed E-state index contributed by atoms with van der Waals surface area (Å²) in [7, 11) is -3.36. The summed E-state index contributed by atoms with van der Waals surface area (Å²) < 4.78 is 26.4. The van der Waals surface area contributed by atoms with Gasteiger partial charge in [0.15, 0.2) is 0 Å². The van der Waals surface area contributed by atoms with Crippen LogP contribution in [0.4, 0.5) is 0 Å². The summed E-state index contributed by atoms with van der Waals surface area (Å²) in [6.07, 6.45) is 4.22. The standard InChI is InChI=1S/C11H22N2O3S/c1-9(8-14)17(15,16)12-10-4-6-13-5-2-3-11(13)7-10/h9-12,14H,2-8H2,1H3. The van der Waals surface area contributed by atoms with Gasteiger partial charge in [0, 0.05) is 12.1 Å². The molecule has 0 aromatic rings. The lowest BCUT2D eigenvalue weighted by Gasteiger charge is -2.35. The van der Waals surface area contributed by atoms with Crippen LogP contribution >= 0.6 is 0 Å². The first-order valence-corrected chi connectivity index (χ1v) is 7.93. The molecule has 2 rings (SSSR count). The summed E-state index contributed by atoms with van der Waals surface area (Å²) in [4.78, 5) is 2.46. The Bertz CT molecular complexity index is 358. The predicted octanol–water partition coefficient (Wildman–Crippen LogP) is -0.0866. The molecule has 6 heteroatoms. The lowest BCUT2D eigenvalue weighted by Crippen LogP contribution is -2.49. The van der Waals surface area contributed by atoms with Crippen LogP contribution in [0.3, 0.4) is 0 Å². The van der Waals surface area contributed by atoms with E-state index in [4.69, 9.17) is 5.11 Å². The highest BCUT2D eigenvalue weighted by Crippen LogP contribution is 2.27. The number of piperidine rings is 1. The Morgan fingerprint density at radius 1 is 1.41 bits per heavy atom. The van der Waals surface area contributed by atoms with Gasteiger partial charge in [0.05, 0.1) is 11.9 Å². The van der Waals surface area contributed by atoms with Gasteiger partial charge in [-0.25, -0.2) is 13.1 Å². The summed E-state index contributed by atoms with van der Waals surface area (Å²) in [5, 5.41) is 8.20. The molecule has 17 heavy (non-hydrogen) atoms. The van der Waals surface area contributed by atoms with Gasteiger partial charge in [0.25, 0.3) is 0 Å². The maximum absolute atomic E-state index is 11.8. The molecule has 2 heterocycles. The van der Waals surface area contributed by atoms with Crippen LogP contribution in [0.1, 0.15) is 32.6 Å². The van der Waals surface area contributed by atoms with Gasteiger partial charge < -0.3 is 10.0 Å². The molecule has 0 aliphatic carbocycles. The predicted molar refractivity (Wildman–Crippen MR) is 66.2 cm³/mol. The molecule has 100 valence electrons. The van der Waals surface area contributed by atoms with Gasteiger partial charge in [-0.2, -0.15) is 0 Å². The molecule has 3 atom stereocenters. The lowest BCUT2D eigenvalue weighted by molar-refractivity contribution is 0.176. The fourth-order valence-corrected chi connectivity index (χ4v) is 3.89. The van der Waals surface area contributed by atoms with Crippen molar-refractivity contribution in [3.63, 3.8) is 0 Å². The highest BCUT2D eigenvalue weighted by atomic mass is 32.2. The SMILES string of the molecule is CC(CO)S(=O)(=O)NC1CCN2CCCC2C1. The smallest absolute Gasteiger partial charge is 0.216 e. The molecule has 0 radical (unpaired) electrons. The van der Waals surface area contributed by atoms with Crippen molar-refractivity contribution < 1.29 is 13.5 Å².